The molecule has 8 heteroatoms. The van der Waals surface area contributed by atoms with Gasteiger partial charge >= 0.3 is 0 Å². The highest BCUT2D eigenvalue weighted by molar-refractivity contribution is 7.13. The molecule has 2 aromatic rings. The van der Waals surface area contributed by atoms with Crippen LogP contribution in [0.3, 0.4) is 0 Å². The van der Waals surface area contributed by atoms with Gasteiger partial charge in [0.25, 0.3) is 11.6 Å². The van der Waals surface area contributed by atoms with Crippen LogP contribution in [-0.2, 0) is 24.2 Å². The van der Waals surface area contributed by atoms with Crippen LogP contribution >= 0.6 is 11.3 Å². The number of carbonyl (C=O) groups is 1. The first-order valence-corrected chi connectivity index (χ1v) is 12.7. The van der Waals surface area contributed by atoms with Crippen molar-refractivity contribution in [2.45, 2.75) is 70.9 Å². The number of thiazole rings is 1. The van der Waals surface area contributed by atoms with Crippen molar-refractivity contribution in [3.63, 3.8) is 0 Å². The minimum Gasteiger partial charge on any atom is -0.464 e. The van der Waals surface area contributed by atoms with Crippen molar-refractivity contribution in [1.29, 1.82) is 0 Å². The number of nitrogens with zero attached hydrogens (tertiary/aromatic N) is 2. The van der Waals surface area contributed by atoms with E-state index in [1.165, 1.54) is 16.9 Å². The summed E-state index contributed by atoms with van der Waals surface area (Å²) < 4.78 is 29.8. The minimum atomic E-state index is -2.47. The first-order chi connectivity index (χ1) is 15.9. The molecule has 1 amide bonds. The van der Waals surface area contributed by atoms with Crippen molar-refractivity contribution >= 4 is 17.2 Å². The second kappa shape index (κ2) is 11.4. The topological polar surface area (TPSA) is 54.5 Å². The number of ether oxygens (including phenoxy) is 1. The molecule has 1 aliphatic heterocycles. The summed E-state index contributed by atoms with van der Waals surface area (Å²) in [5.74, 6) is 0.809. The molecule has 1 fully saturated rings. The van der Waals surface area contributed by atoms with E-state index >= 15 is 0 Å². The number of halogens is 2. The van der Waals surface area contributed by atoms with Gasteiger partial charge in [-0.25, -0.2) is 13.8 Å². The van der Waals surface area contributed by atoms with Crippen LogP contribution in [0.4, 0.5) is 8.78 Å². The largest absolute Gasteiger partial charge is 0.464 e. The molecule has 2 heterocycles. The van der Waals surface area contributed by atoms with Crippen molar-refractivity contribution in [2.75, 3.05) is 19.7 Å². The number of benzene rings is 1. The molecule has 1 aliphatic carbocycles. The molecular weight excluding hydrogens is 444 g/mol. The molecular formula is C25H33F2N3O2S. The quantitative estimate of drug-likeness (QED) is 0.566. The van der Waals surface area contributed by atoms with E-state index in [4.69, 9.17) is 4.74 Å². The third kappa shape index (κ3) is 7.21. The number of nitrogens with one attached hydrogen (secondary N) is 1. The van der Waals surface area contributed by atoms with Crippen molar-refractivity contribution in [2.24, 2.45) is 5.92 Å². The average Bonchev–Trinajstić information content (AvgIpc) is 3.21. The molecule has 1 aromatic heterocycles. The predicted molar refractivity (Wildman–Crippen MR) is 126 cm³/mol. The summed E-state index contributed by atoms with van der Waals surface area (Å²) in [4.78, 5) is 20.4. The first-order valence-electron chi connectivity index (χ1n) is 11.9. The molecule has 0 atom stereocenters. The van der Waals surface area contributed by atoms with Gasteiger partial charge in [-0.05, 0) is 63.5 Å². The Balaban J connectivity index is 1.14. The van der Waals surface area contributed by atoms with Crippen LogP contribution in [0.2, 0.25) is 0 Å². The van der Waals surface area contributed by atoms with Crippen LogP contribution in [0.5, 0.6) is 5.19 Å². The Bertz CT molecular complexity index is 911. The van der Waals surface area contributed by atoms with Crippen LogP contribution in [-0.4, -0.2) is 48.0 Å². The summed E-state index contributed by atoms with van der Waals surface area (Å²) in [5, 5.41) is 3.59. The van der Waals surface area contributed by atoms with E-state index < -0.39 is 13.0 Å². The van der Waals surface area contributed by atoms with Crippen LogP contribution < -0.4 is 10.1 Å². The fourth-order valence-electron chi connectivity index (χ4n) is 4.75. The minimum absolute atomic E-state index is 0.117. The molecule has 4 rings (SSSR count). The van der Waals surface area contributed by atoms with Gasteiger partial charge in [0.15, 0.2) is 6.61 Å². The van der Waals surface area contributed by atoms with Gasteiger partial charge in [-0.1, -0.05) is 41.2 Å². The highest BCUT2D eigenvalue weighted by atomic mass is 32.1. The molecule has 5 nitrogen and oxygen atoms in total. The number of aryl methyl sites for hydroxylation is 1. The van der Waals surface area contributed by atoms with Crippen LogP contribution in [0.25, 0.3) is 0 Å². The fraction of sp³-hybridized carbons (Fsp3) is 0.600. The SMILES string of the molecule is Cc1ccc(CC(=O)N[C@H]2CC[C@H](CCN3CCc4sc(OCC(F)F)nc4C3)CC2)cc1. The second-order valence-electron chi connectivity index (χ2n) is 9.31. The molecule has 2 aliphatic rings. The molecule has 0 spiro atoms. The van der Waals surface area contributed by atoms with Gasteiger partial charge in [-0.15, -0.1) is 0 Å². The van der Waals surface area contributed by atoms with Crippen LogP contribution in [0.1, 0.15) is 53.8 Å². The Kier molecular flexibility index (Phi) is 8.30. The van der Waals surface area contributed by atoms with E-state index in [0.717, 1.165) is 74.3 Å². The van der Waals surface area contributed by atoms with E-state index in [9.17, 15) is 13.6 Å². The molecule has 0 radical (unpaired) electrons. The number of aromatic nitrogens is 1. The molecule has 1 aromatic carbocycles. The van der Waals surface area contributed by atoms with E-state index in [0.29, 0.717) is 23.6 Å². The first kappa shape index (κ1) is 24.1. The standard InChI is InChI=1S/C25H33F2N3O2S/c1-17-2-4-19(5-3-17)14-24(31)28-20-8-6-18(7-9-20)10-12-30-13-11-22-21(15-30)29-25(33-22)32-16-23(26)27/h2-5,18,20,23H,6-16H2,1H3,(H,28,31)/t18-,20-. The maximum absolute atomic E-state index is 12.4. The lowest BCUT2D eigenvalue weighted by Crippen LogP contribution is -2.39. The zero-order chi connectivity index (χ0) is 23.2. The zero-order valence-corrected chi connectivity index (χ0v) is 20.0. The molecule has 1 N–H and O–H groups in total. The van der Waals surface area contributed by atoms with Crippen molar-refractivity contribution in [1.82, 2.24) is 15.2 Å². The molecule has 33 heavy (non-hydrogen) atoms. The van der Waals surface area contributed by atoms with Crippen molar-refractivity contribution in [3.05, 3.63) is 46.0 Å². The number of carbonyl (C=O) groups excluding carboxylic acids is 1. The summed E-state index contributed by atoms with van der Waals surface area (Å²) in [7, 11) is 0. The summed E-state index contributed by atoms with van der Waals surface area (Å²) in [6, 6.07) is 8.44. The number of amides is 1. The Morgan fingerprint density at radius 1 is 1.24 bits per heavy atom. The van der Waals surface area contributed by atoms with Gasteiger partial charge in [0, 0.05) is 24.0 Å². The number of hydrogen-bond donors (Lipinski definition) is 1. The lowest BCUT2D eigenvalue weighted by Gasteiger charge is -2.32. The third-order valence-corrected chi connectivity index (χ3v) is 7.74. The summed E-state index contributed by atoms with van der Waals surface area (Å²) in [6.45, 7) is 4.24. The van der Waals surface area contributed by atoms with E-state index in [2.05, 4.69) is 22.1 Å². The lowest BCUT2D eigenvalue weighted by molar-refractivity contribution is -0.121. The summed E-state index contributed by atoms with van der Waals surface area (Å²) >= 11 is 1.40. The van der Waals surface area contributed by atoms with E-state index in [-0.39, 0.29) is 5.91 Å². The number of hydrogen-bond acceptors (Lipinski definition) is 5. The monoisotopic (exact) mass is 477 g/mol. The average molecular weight is 478 g/mol. The Morgan fingerprint density at radius 3 is 2.73 bits per heavy atom. The molecule has 0 saturated heterocycles. The normalized spacial score (nSPS) is 21.1. The van der Waals surface area contributed by atoms with E-state index in [1.54, 1.807) is 0 Å². The van der Waals surface area contributed by atoms with Crippen LogP contribution in [0.15, 0.2) is 24.3 Å². The Morgan fingerprint density at radius 2 is 2.00 bits per heavy atom. The maximum Gasteiger partial charge on any atom is 0.273 e. The van der Waals surface area contributed by atoms with E-state index in [1.807, 2.05) is 24.3 Å². The Labute approximate surface area is 198 Å². The summed E-state index contributed by atoms with van der Waals surface area (Å²) in [6.07, 6.45) is 4.43. The van der Waals surface area contributed by atoms with Gasteiger partial charge in [0.1, 0.15) is 0 Å². The smallest absolute Gasteiger partial charge is 0.273 e. The Hall–Kier alpha value is -2.06. The fourth-order valence-corrected chi connectivity index (χ4v) is 5.66. The number of fused-ring (bicyclic) bond motifs is 1. The van der Waals surface area contributed by atoms with Gasteiger partial charge in [0.05, 0.1) is 12.1 Å². The zero-order valence-electron chi connectivity index (χ0n) is 19.2. The van der Waals surface area contributed by atoms with Gasteiger partial charge in [-0.2, -0.15) is 0 Å². The van der Waals surface area contributed by atoms with Crippen molar-refractivity contribution in [3.8, 4) is 5.19 Å². The molecule has 0 unspecified atom stereocenters. The lowest BCUT2D eigenvalue weighted by atomic mass is 9.84. The highest BCUT2D eigenvalue weighted by Crippen LogP contribution is 2.31. The second-order valence-corrected chi connectivity index (χ2v) is 10.4. The van der Waals surface area contributed by atoms with Crippen LogP contribution in [0, 0.1) is 12.8 Å². The molecule has 0 bridgehead atoms. The van der Waals surface area contributed by atoms with Gasteiger partial charge < -0.3 is 10.1 Å². The number of rotatable bonds is 9. The predicted octanol–water partition coefficient (Wildman–Crippen LogP) is 4.76. The molecule has 1 saturated carbocycles. The maximum atomic E-state index is 12.4. The van der Waals surface area contributed by atoms with Gasteiger partial charge in [0.2, 0.25) is 5.91 Å². The van der Waals surface area contributed by atoms with Crippen molar-refractivity contribution < 1.29 is 18.3 Å². The molecule has 180 valence electrons. The number of alkyl halides is 2. The summed E-state index contributed by atoms with van der Waals surface area (Å²) in [5.41, 5.74) is 3.25. The van der Waals surface area contributed by atoms with Gasteiger partial charge in [-0.3, -0.25) is 9.69 Å². The highest BCUT2D eigenvalue weighted by Gasteiger charge is 2.25. The third-order valence-electron chi connectivity index (χ3n) is 6.67.